The lowest BCUT2D eigenvalue weighted by Crippen LogP contribution is -2.35. The minimum absolute atomic E-state index is 0.154. The predicted octanol–water partition coefficient (Wildman–Crippen LogP) is 2.63. The fraction of sp³-hybridized carbons (Fsp3) is 0.357. The van der Waals surface area contributed by atoms with Crippen molar-refractivity contribution >= 4 is 6.09 Å². The normalized spacial score (nSPS) is 19.9. The number of cyclic esters (lactones) is 1. The Hall–Kier alpha value is -1.77. The fourth-order valence-electron chi connectivity index (χ4n) is 1.99. The summed E-state index contributed by atoms with van der Waals surface area (Å²) in [4.78, 5) is 13.3. The van der Waals surface area contributed by atoms with Gasteiger partial charge in [0, 0.05) is 6.54 Å². The lowest BCUT2D eigenvalue weighted by atomic mass is 10.1. The highest BCUT2D eigenvalue weighted by molar-refractivity contribution is 5.70. The Morgan fingerprint density at radius 2 is 2.18 bits per heavy atom. The molecule has 1 aromatic carbocycles. The van der Waals surface area contributed by atoms with Crippen LogP contribution in [0.25, 0.3) is 0 Å². The highest BCUT2D eigenvalue weighted by Gasteiger charge is 2.31. The van der Waals surface area contributed by atoms with E-state index in [1.54, 1.807) is 4.90 Å². The predicted molar refractivity (Wildman–Crippen MR) is 66.8 cm³/mol. The van der Waals surface area contributed by atoms with Crippen molar-refractivity contribution < 1.29 is 9.53 Å². The number of rotatable bonds is 4. The van der Waals surface area contributed by atoms with Gasteiger partial charge in [0.15, 0.2) is 0 Å². The van der Waals surface area contributed by atoms with E-state index in [1.807, 2.05) is 37.3 Å². The van der Waals surface area contributed by atoms with Crippen molar-refractivity contribution in [1.82, 2.24) is 4.90 Å². The molecule has 2 rings (SSSR count). The number of nitrogens with zero attached hydrogens (tertiary/aromatic N) is 1. The van der Waals surface area contributed by atoms with E-state index in [-0.39, 0.29) is 12.1 Å². The SMILES string of the molecule is C/C=C/CN1C(=O)OC[C@@H]1Cc1ccccc1. The number of carbonyl (C=O) groups is 1. The average molecular weight is 231 g/mol. The van der Waals surface area contributed by atoms with E-state index in [1.165, 1.54) is 5.56 Å². The number of carbonyl (C=O) groups excluding carboxylic acids is 1. The van der Waals surface area contributed by atoms with Crippen molar-refractivity contribution in [3.8, 4) is 0 Å². The third kappa shape index (κ3) is 2.87. The molecule has 1 saturated heterocycles. The zero-order valence-corrected chi connectivity index (χ0v) is 10.0. The van der Waals surface area contributed by atoms with Crippen molar-refractivity contribution in [2.45, 2.75) is 19.4 Å². The van der Waals surface area contributed by atoms with Crippen LogP contribution in [0.2, 0.25) is 0 Å². The summed E-state index contributed by atoms with van der Waals surface area (Å²) in [6.45, 7) is 3.08. The van der Waals surface area contributed by atoms with E-state index in [4.69, 9.17) is 4.74 Å². The lowest BCUT2D eigenvalue weighted by molar-refractivity contribution is 0.160. The van der Waals surface area contributed by atoms with Crippen LogP contribution in [-0.2, 0) is 11.2 Å². The van der Waals surface area contributed by atoms with Crippen LogP contribution in [0.3, 0.4) is 0 Å². The second kappa shape index (κ2) is 5.53. The maximum absolute atomic E-state index is 11.6. The van der Waals surface area contributed by atoms with Crippen LogP contribution in [0, 0.1) is 0 Å². The van der Waals surface area contributed by atoms with Crippen molar-refractivity contribution in [3.05, 3.63) is 48.0 Å². The number of allylic oxidation sites excluding steroid dienone is 1. The molecule has 1 heterocycles. The van der Waals surface area contributed by atoms with Gasteiger partial charge in [0.2, 0.25) is 0 Å². The molecule has 90 valence electrons. The van der Waals surface area contributed by atoms with Gasteiger partial charge in [-0.25, -0.2) is 4.79 Å². The van der Waals surface area contributed by atoms with E-state index in [0.717, 1.165) is 6.42 Å². The first kappa shape index (κ1) is 11.7. The number of ether oxygens (including phenoxy) is 1. The van der Waals surface area contributed by atoms with E-state index in [9.17, 15) is 4.79 Å². The van der Waals surface area contributed by atoms with Gasteiger partial charge in [-0.2, -0.15) is 0 Å². The number of hydrogen-bond acceptors (Lipinski definition) is 2. The first-order valence-electron chi connectivity index (χ1n) is 5.89. The van der Waals surface area contributed by atoms with Gasteiger partial charge in [-0.1, -0.05) is 42.5 Å². The highest BCUT2D eigenvalue weighted by Crippen LogP contribution is 2.16. The Morgan fingerprint density at radius 3 is 2.88 bits per heavy atom. The summed E-state index contributed by atoms with van der Waals surface area (Å²) in [7, 11) is 0. The molecule has 3 nitrogen and oxygen atoms in total. The summed E-state index contributed by atoms with van der Waals surface area (Å²) in [6, 6.07) is 10.3. The van der Waals surface area contributed by atoms with E-state index in [0.29, 0.717) is 13.2 Å². The summed E-state index contributed by atoms with van der Waals surface area (Å²) in [6.07, 6.45) is 4.57. The summed E-state index contributed by atoms with van der Waals surface area (Å²) >= 11 is 0. The van der Waals surface area contributed by atoms with Crippen molar-refractivity contribution in [2.24, 2.45) is 0 Å². The Morgan fingerprint density at radius 1 is 1.41 bits per heavy atom. The Labute approximate surface area is 102 Å². The van der Waals surface area contributed by atoms with Crippen LogP contribution in [0.4, 0.5) is 4.79 Å². The Balaban J connectivity index is 2.02. The highest BCUT2D eigenvalue weighted by atomic mass is 16.6. The number of amides is 1. The molecule has 1 aliphatic rings. The third-order valence-electron chi connectivity index (χ3n) is 2.93. The summed E-state index contributed by atoms with van der Waals surface area (Å²) in [5.74, 6) is 0. The third-order valence-corrected chi connectivity index (χ3v) is 2.93. The van der Waals surface area contributed by atoms with Crippen LogP contribution in [0.5, 0.6) is 0 Å². The van der Waals surface area contributed by atoms with E-state index in [2.05, 4.69) is 12.1 Å². The molecule has 17 heavy (non-hydrogen) atoms. The minimum atomic E-state index is -0.205. The molecule has 0 N–H and O–H groups in total. The average Bonchev–Trinajstić information content (AvgIpc) is 2.69. The zero-order valence-electron chi connectivity index (χ0n) is 10.0. The van der Waals surface area contributed by atoms with Crippen molar-refractivity contribution in [1.29, 1.82) is 0 Å². The molecule has 0 aromatic heterocycles. The second-order valence-corrected chi connectivity index (χ2v) is 4.14. The van der Waals surface area contributed by atoms with Gasteiger partial charge in [-0.05, 0) is 18.9 Å². The summed E-state index contributed by atoms with van der Waals surface area (Å²) in [5.41, 5.74) is 1.24. The maximum atomic E-state index is 11.6. The quantitative estimate of drug-likeness (QED) is 0.745. The van der Waals surface area contributed by atoms with Gasteiger partial charge in [-0.15, -0.1) is 0 Å². The summed E-state index contributed by atoms with van der Waals surface area (Å²) < 4.78 is 5.10. The molecule has 0 aliphatic carbocycles. The first-order valence-corrected chi connectivity index (χ1v) is 5.89. The molecule has 1 aromatic rings. The number of hydrogen-bond donors (Lipinski definition) is 0. The van der Waals surface area contributed by atoms with E-state index >= 15 is 0 Å². The largest absolute Gasteiger partial charge is 0.447 e. The van der Waals surface area contributed by atoms with Crippen LogP contribution in [-0.4, -0.2) is 30.2 Å². The first-order chi connectivity index (χ1) is 8.31. The van der Waals surface area contributed by atoms with Crippen LogP contribution < -0.4 is 0 Å². The molecule has 0 bridgehead atoms. The molecular formula is C14H17NO2. The summed E-state index contributed by atoms with van der Waals surface area (Å²) in [5, 5.41) is 0. The monoisotopic (exact) mass is 231 g/mol. The topological polar surface area (TPSA) is 29.5 Å². The molecule has 0 radical (unpaired) electrons. The Bertz CT molecular complexity index is 400. The molecule has 0 spiro atoms. The van der Waals surface area contributed by atoms with Crippen LogP contribution >= 0.6 is 0 Å². The minimum Gasteiger partial charge on any atom is -0.447 e. The van der Waals surface area contributed by atoms with Crippen LogP contribution in [0.15, 0.2) is 42.5 Å². The van der Waals surface area contributed by atoms with E-state index < -0.39 is 0 Å². The van der Waals surface area contributed by atoms with Gasteiger partial charge >= 0.3 is 6.09 Å². The van der Waals surface area contributed by atoms with Crippen LogP contribution in [0.1, 0.15) is 12.5 Å². The molecule has 1 aliphatic heterocycles. The molecule has 0 saturated carbocycles. The van der Waals surface area contributed by atoms with Crippen molar-refractivity contribution in [2.75, 3.05) is 13.2 Å². The zero-order chi connectivity index (χ0) is 12.1. The molecule has 3 heteroatoms. The molecule has 1 fully saturated rings. The lowest BCUT2D eigenvalue weighted by Gasteiger charge is -2.19. The standard InChI is InChI=1S/C14H17NO2/c1-2-3-9-15-13(11-17-14(15)16)10-12-7-5-4-6-8-12/h2-8,13H,9-11H2,1H3/b3-2+/t13-/m0/s1. The molecule has 1 amide bonds. The smallest absolute Gasteiger partial charge is 0.410 e. The van der Waals surface area contributed by atoms with Gasteiger partial charge in [0.25, 0.3) is 0 Å². The van der Waals surface area contributed by atoms with Gasteiger partial charge in [-0.3, -0.25) is 4.90 Å². The molecule has 1 atom stereocenters. The fourth-order valence-corrected chi connectivity index (χ4v) is 1.99. The van der Waals surface area contributed by atoms with Gasteiger partial charge in [0.1, 0.15) is 6.61 Å². The molecular weight excluding hydrogens is 214 g/mol. The maximum Gasteiger partial charge on any atom is 0.410 e. The van der Waals surface area contributed by atoms with Gasteiger partial charge < -0.3 is 4.74 Å². The Kier molecular flexibility index (Phi) is 3.81. The van der Waals surface area contributed by atoms with Gasteiger partial charge in [0.05, 0.1) is 6.04 Å². The van der Waals surface area contributed by atoms with Crippen molar-refractivity contribution in [3.63, 3.8) is 0 Å². The number of benzene rings is 1. The second-order valence-electron chi connectivity index (χ2n) is 4.14. The molecule has 0 unspecified atom stereocenters.